The third-order valence-electron chi connectivity index (χ3n) is 6.60. The molecular formula is C27H44N2O4. The minimum absolute atomic E-state index is 0.129. The number of carbonyl (C=O) groups is 2. The van der Waals surface area contributed by atoms with Gasteiger partial charge in [0.25, 0.3) is 0 Å². The van der Waals surface area contributed by atoms with E-state index in [0.29, 0.717) is 30.6 Å². The van der Waals surface area contributed by atoms with Crippen molar-refractivity contribution in [3.63, 3.8) is 0 Å². The van der Waals surface area contributed by atoms with Gasteiger partial charge in [-0.1, -0.05) is 45.2 Å². The zero-order valence-electron chi connectivity index (χ0n) is 21.5. The van der Waals surface area contributed by atoms with Crippen LogP contribution in [-0.2, 0) is 9.53 Å². The summed E-state index contributed by atoms with van der Waals surface area (Å²) in [6.45, 7) is 9.62. The molecule has 0 spiro atoms. The molecule has 0 bridgehead atoms. The van der Waals surface area contributed by atoms with E-state index in [9.17, 15) is 9.59 Å². The second kappa shape index (κ2) is 13.0. The molecule has 0 saturated heterocycles. The Morgan fingerprint density at radius 2 is 1.79 bits per heavy atom. The molecule has 6 heteroatoms. The van der Waals surface area contributed by atoms with Crippen molar-refractivity contribution in [2.45, 2.75) is 84.7 Å². The monoisotopic (exact) mass is 460 g/mol. The summed E-state index contributed by atoms with van der Waals surface area (Å²) >= 11 is 0. The molecule has 186 valence electrons. The topological polar surface area (TPSA) is 67.9 Å². The van der Waals surface area contributed by atoms with Gasteiger partial charge in [-0.25, -0.2) is 4.79 Å². The first-order valence-corrected chi connectivity index (χ1v) is 12.5. The molecule has 1 aromatic carbocycles. The molecule has 1 aromatic rings. The van der Waals surface area contributed by atoms with Crippen molar-refractivity contribution >= 4 is 12.1 Å². The number of rotatable bonds is 11. The van der Waals surface area contributed by atoms with E-state index in [1.807, 2.05) is 32.0 Å². The Kier molecular flexibility index (Phi) is 10.7. The summed E-state index contributed by atoms with van der Waals surface area (Å²) in [4.78, 5) is 27.2. The molecule has 33 heavy (non-hydrogen) atoms. The first kappa shape index (κ1) is 27.2. The van der Waals surface area contributed by atoms with Gasteiger partial charge < -0.3 is 19.7 Å². The highest BCUT2D eigenvalue weighted by atomic mass is 16.6. The lowest BCUT2D eigenvalue weighted by Gasteiger charge is -2.36. The summed E-state index contributed by atoms with van der Waals surface area (Å²) in [6.07, 6.45) is 5.92. The molecular weight excluding hydrogens is 416 g/mol. The molecule has 1 aliphatic carbocycles. The molecule has 0 radical (unpaired) electrons. The summed E-state index contributed by atoms with van der Waals surface area (Å²) in [7, 11) is 4.17. The fraction of sp³-hybridized carbons (Fsp3) is 0.704. The fourth-order valence-corrected chi connectivity index (χ4v) is 4.82. The Morgan fingerprint density at radius 3 is 2.39 bits per heavy atom. The van der Waals surface area contributed by atoms with E-state index in [1.54, 1.807) is 0 Å². The molecule has 0 heterocycles. The van der Waals surface area contributed by atoms with E-state index in [4.69, 9.17) is 9.47 Å². The Balaban J connectivity index is 1.99. The second-order valence-corrected chi connectivity index (χ2v) is 10.5. The zero-order chi connectivity index (χ0) is 24.4. The number of hydrogen-bond donors (Lipinski definition) is 1. The maximum atomic E-state index is 12.6. The van der Waals surface area contributed by atoms with Crippen LogP contribution in [0.3, 0.4) is 0 Å². The summed E-state index contributed by atoms with van der Waals surface area (Å²) in [5.41, 5.74) is 0.942. The van der Waals surface area contributed by atoms with Gasteiger partial charge in [-0.3, -0.25) is 4.79 Å². The molecule has 0 aromatic heterocycles. The largest absolute Gasteiger partial charge is 0.463 e. The molecule has 1 amide bonds. The molecule has 1 aliphatic rings. The van der Waals surface area contributed by atoms with E-state index < -0.39 is 6.09 Å². The highest BCUT2D eigenvalue weighted by molar-refractivity contribution is 5.72. The van der Waals surface area contributed by atoms with Crippen LogP contribution in [-0.4, -0.2) is 50.3 Å². The van der Waals surface area contributed by atoms with E-state index >= 15 is 0 Å². The maximum absolute atomic E-state index is 12.6. The summed E-state index contributed by atoms with van der Waals surface area (Å²) < 4.78 is 11.0. The van der Waals surface area contributed by atoms with Gasteiger partial charge in [0, 0.05) is 6.54 Å². The third-order valence-corrected chi connectivity index (χ3v) is 6.60. The lowest BCUT2D eigenvalue weighted by Crippen LogP contribution is -2.41. The van der Waals surface area contributed by atoms with E-state index in [-0.39, 0.29) is 17.5 Å². The first-order chi connectivity index (χ1) is 15.6. The average Bonchev–Trinajstić information content (AvgIpc) is 2.72. The van der Waals surface area contributed by atoms with Crippen molar-refractivity contribution in [1.82, 2.24) is 10.2 Å². The lowest BCUT2D eigenvalue weighted by molar-refractivity contribution is -0.150. The highest BCUT2D eigenvalue weighted by Gasteiger charge is 2.35. The van der Waals surface area contributed by atoms with Crippen molar-refractivity contribution in [2.75, 3.05) is 27.2 Å². The van der Waals surface area contributed by atoms with Crippen LogP contribution in [0.1, 0.15) is 84.1 Å². The van der Waals surface area contributed by atoms with Crippen LogP contribution in [0, 0.1) is 11.3 Å². The Bertz CT molecular complexity index is 754. The van der Waals surface area contributed by atoms with Gasteiger partial charge in [-0.2, -0.15) is 0 Å². The van der Waals surface area contributed by atoms with E-state index in [0.717, 1.165) is 38.6 Å². The summed E-state index contributed by atoms with van der Waals surface area (Å²) in [5, 5.41) is 2.94. The first-order valence-electron chi connectivity index (χ1n) is 12.5. The Morgan fingerprint density at radius 1 is 1.09 bits per heavy atom. The minimum Gasteiger partial charge on any atom is -0.463 e. The van der Waals surface area contributed by atoms with Gasteiger partial charge >= 0.3 is 12.1 Å². The van der Waals surface area contributed by atoms with Crippen LogP contribution < -0.4 is 10.1 Å². The van der Waals surface area contributed by atoms with E-state index in [1.165, 1.54) is 12.0 Å². The predicted molar refractivity (Wildman–Crippen MR) is 133 cm³/mol. The molecule has 0 aliphatic heterocycles. The maximum Gasteiger partial charge on any atom is 0.412 e. The SMILES string of the molecule is CC(C)OC(=O)CC1(CNC(=O)Oc2cccc([C@@H](CCN(C)C)C(C)C)c2)CCCCC1. The lowest BCUT2D eigenvalue weighted by atomic mass is 9.71. The molecule has 1 fully saturated rings. The van der Waals surface area contributed by atoms with Crippen molar-refractivity contribution in [3.05, 3.63) is 29.8 Å². The highest BCUT2D eigenvalue weighted by Crippen LogP contribution is 2.39. The van der Waals surface area contributed by atoms with Gasteiger partial charge in [-0.15, -0.1) is 0 Å². The standard InChI is InChI=1S/C27H44N2O4/c1-20(2)24(13-16-29(5)6)22-11-10-12-23(17-22)33-26(31)28-19-27(14-8-7-9-15-27)18-25(30)32-21(3)4/h10-12,17,20-21,24H,7-9,13-16,18-19H2,1-6H3,(H,28,31)/t24-/m0/s1. The van der Waals surface area contributed by atoms with Crippen molar-refractivity contribution < 1.29 is 19.1 Å². The predicted octanol–water partition coefficient (Wildman–Crippen LogP) is 5.76. The number of benzene rings is 1. The zero-order valence-corrected chi connectivity index (χ0v) is 21.5. The van der Waals surface area contributed by atoms with Gasteiger partial charge in [0.2, 0.25) is 0 Å². The molecule has 1 N–H and O–H groups in total. The van der Waals surface area contributed by atoms with Crippen LogP contribution in [0.4, 0.5) is 4.79 Å². The molecule has 2 rings (SSSR count). The molecule has 0 unspecified atom stereocenters. The number of hydrogen-bond acceptors (Lipinski definition) is 5. The average molecular weight is 461 g/mol. The number of nitrogens with one attached hydrogen (secondary N) is 1. The number of ether oxygens (including phenoxy) is 2. The normalized spacial score (nSPS) is 16.6. The van der Waals surface area contributed by atoms with Crippen LogP contribution in [0.5, 0.6) is 5.75 Å². The molecule has 6 nitrogen and oxygen atoms in total. The molecule has 1 saturated carbocycles. The number of amides is 1. The second-order valence-electron chi connectivity index (χ2n) is 10.5. The number of nitrogens with zero attached hydrogens (tertiary/aromatic N) is 1. The van der Waals surface area contributed by atoms with Crippen molar-refractivity contribution in [2.24, 2.45) is 11.3 Å². The summed E-state index contributed by atoms with van der Waals surface area (Å²) in [5.74, 6) is 1.26. The van der Waals surface area contributed by atoms with Crippen LogP contribution >= 0.6 is 0 Å². The van der Waals surface area contributed by atoms with Gasteiger partial charge in [0.1, 0.15) is 5.75 Å². The van der Waals surface area contributed by atoms with Crippen molar-refractivity contribution in [1.29, 1.82) is 0 Å². The quantitative estimate of drug-likeness (QED) is 0.425. The minimum atomic E-state index is -0.469. The Hall–Kier alpha value is -2.08. The van der Waals surface area contributed by atoms with E-state index in [2.05, 4.69) is 44.2 Å². The van der Waals surface area contributed by atoms with Crippen molar-refractivity contribution in [3.8, 4) is 5.75 Å². The van der Waals surface area contributed by atoms with Gasteiger partial charge in [0.05, 0.1) is 12.5 Å². The Labute approximate surface area is 200 Å². The summed E-state index contributed by atoms with van der Waals surface area (Å²) in [6, 6.07) is 7.87. The number of esters is 1. The third kappa shape index (κ3) is 9.36. The fourth-order valence-electron chi connectivity index (χ4n) is 4.82. The smallest absolute Gasteiger partial charge is 0.412 e. The van der Waals surface area contributed by atoms with Crippen LogP contribution in [0.15, 0.2) is 24.3 Å². The molecule has 1 atom stereocenters. The van der Waals surface area contributed by atoms with Crippen LogP contribution in [0.2, 0.25) is 0 Å². The number of carbonyl (C=O) groups excluding carboxylic acids is 2. The van der Waals surface area contributed by atoms with Crippen LogP contribution in [0.25, 0.3) is 0 Å². The van der Waals surface area contributed by atoms with Gasteiger partial charge in [0.15, 0.2) is 0 Å². The van der Waals surface area contributed by atoms with Gasteiger partial charge in [-0.05, 0) is 88.7 Å².